The summed E-state index contributed by atoms with van der Waals surface area (Å²) in [5, 5.41) is 0.501. The Bertz CT molecular complexity index is 438. The molecule has 0 aliphatic carbocycles. The van der Waals surface area contributed by atoms with Gasteiger partial charge in [0.05, 0.1) is 5.52 Å². The molecule has 0 unspecified atom stereocenters. The lowest BCUT2D eigenvalue weighted by atomic mass is 10.2. The maximum atomic E-state index is 13.0. The average molecular weight is 181 g/mol. The summed E-state index contributed by atoms with van der Waals surface area (Å²) in [4.78, 5) is 0. The van der Waals surface area contributed by atoms with Crippen molar-refractivity contribution in [2.75, 3.05) is 0 Å². The molecule has 0 radical (unpaired) electrons. The van der Waals surface area contributed by atoms with Gasteiger partial charge in [-0.25, -0.2) is 8.96 Å². The minimum Gasteiger partial charge on any atom is -0.266 e. The summed E-state index contributed by atoms with van der Waals surface area (Å²) in [6.45, 7) is 0. The van der Waals surface area contributed by atoms with Gasteiger partial charge in [0.25, 0.3) is 8.61 Å². The lowest BCUT2D eigenvalue weighted by Gasteiger charge is -1.92. The van der Waals surface area contributed by atoms with E-state index in [-0.39, 0.29) is 14.4 Å². The molecule has 2 rings (SSSR count). The molecule has 0 saturated heterocycles. The third-order valence-corrected chi connectivity index (χ3v) is 2.27. The van der Waals surface area contributed by atoms with E-state index >= 15 is 0 Å². The van der Waals surface area contributed by atoms with Gasteiger partial charge in [-0.1, -0.05) is 6.07 Å². The van der Waals surface area contributed by atoms with Crippen molar-refractivity contribution in [2.24, 2.45) is 0 Å². The maximum absolute atomic E-state index is 13.0. The second-order valence-electron chi connectivity index (χ2n) is 2.41. The second-order valence-corrected chi connectivity index (χ2v) is 3.01. The van der Waals surface area contributed by atoms with Gasteiger partial charge in [0.1, 0.15) is 5.82 Å². The smallest absolute Gasteiger partial charge is 0.266 e. The van der Waals surface area contributed by atoms with Crippen molar-refractivity contribution < 1.29 is 8.96 Å². The van der Waals surface area contributed by atoms with E-state index in [2.05, 4.69) is 0 Å². The number of hydrogen-bond donors (Lipinski definition) is 0. The van der Waals surface area contributed by atoms with Gasteiger partial charge in [0.15, 0.2) is 0 Å². The fourth-order valence-corrected chi connectivity index (χ4v) is 1.57. The molecule has 0 amide bonds. The Morgan fingerprint density at radius 2 is 2.17 bits per heavy atom. The number of benzene rings is 1. The summed E-state index contributed by atoms with van der Waals surface area (Å²) < 4.78 is 25.0. The van der Waals surface area contributed by atoms with Crippen LogP contribution in [0, 0.1) is 5.82 Å². The zero-order chi connectivity index (χ0) is 8.55. The Kier molecular flexibility index (Phi) is 1.66. The molecule has 0 aliphatic heterocycles. The summed E-state index contributed by atoms with van der Waals surface area (Å²) in [5.41, 5.74) is 0.645. The van der Waals surface area contributed by atoms with Crippen molar-refractivity contribution in [3.05, 3.63) is 36.3 Å². The molecule has 1 aromatic carbocycles. The first-order chi connectivity index (χ1) is 5.83. The molecule has 0 saturated carbocycles. The van der Waals surface area contributed by atoms with Crippen LogP contribution in [0.5, 0.6) is 0 Å². The van der Waals surface area contributed by atoms with E-state index < -0.39 is 0 Å². The predicted molar refractivity (Wildman–Crippen MR) is 44.9 cm³/mol. The van der Waals surface area contributed by atoms with Crippen LogP contribution in [0.2, 0.25) is 0 Å². The second kappa shape index (κ2) is 2.68. The van der Waals surface area contributed by atoms with Gasteiger partial charge in [0, 0.05) is 11.6 Å². The van der Waals surface area contributed by atoms with Gasteiger partial charge in [-0.3, -0.25) is 4.34 Å². The number of aromatic nitrogens is 1. The quantitative estimate of drug-likeness (QED) is 0.620. The van der Waals surface area contributed by atoms with E-state index in [1.54, 1.807) is 24.4 Å². The Morgan fingerprint density at radius 1 is 1.33 bits per heavy atom. The van der Waals surface area contributed by atoms with Crippen LogP contribution in [0.15, 0.2) is 30.5 Å². The first-order valence-corrected chi connectivity index (χ1v) is 4.18. The standard InChI is InChI=1S/C8H5FNOP/c9-7-2-1-3-8-6(7)4-5-10(8)12-11/h1-5H. The number of fused-ring (bicyclic) bond motifs is 1. The highest BCUT2D eigenvalue weighted by atomic mass is 31.1. The first-order valence-electron chi connectivity index (χ1n) is 3.42. The normalized spacial score (nSPS) is 11.1. The average Bonchev–Trinajstić information content (AvgIpc) is 2.49. The van der Waals surface area contributed by atoms with Gasteiger partial charge in [-0.05, 0) is 18.2 Å². The van der Waals surface area contributed by atoms with Crippen LogP contribution in [0.1, 0.15) is 0 Å². The topological polar surface area (TPSA) is 22.0 Å². The summed E-state index contributed by atoms with van der Waals surface area (Å²) in [6.07, 6.45) is 1.59. The summed E-state index contributed by atoms with van der Waals surface area (Å²) in [6, 6.07) is 6.31. The fourth-order valence-electron chi connectivity index (χ4n) is 1.19. The van der Waals surface area contributed by atoms with Crippen molar-refractivity contribution in [3.63, 3.8) is 0 Å². The fraction of sp³-hybridized carbons (Fsp3) is 0. The Morgan fingerprint density at radius 3 is 2.92 bits per heavy atom. The Hall–Kier alpha value is -1.21. The summed E-state index contributed by atoms with van der Waals surface area (Å²) in [7, 11) is -0.141. The molecule has 0 N–H and O–H groups in total. The van der Waals surface area contributed by atoms with Gasteiger partial charge < -0.3 is 0 Å². The van der Waals surface area contributed by atoms with Crippen LogP contribution in [-0.2, 0) is 4.57 Å². The van der Waals surface area contributed by atoms with E-state index in [0.29, 0.717) is 10.9 Å². The molecule has 0 spiro atoms. The van der Waals surface area contributed by atoms with Crippen LogP contribution in [0.3, 0.4) is 0 Å². The minimum absolute atomic E-state index is 0.141. The van der Waals surface area contributed by atoms with Crippen molar-refractivity contribution in [3.8, 4) is 0 Å². The van der Waals surface area contributed by atoms with E-state index in [1.807, 2.05) is 0 Å². The zero-order valence-corrected chi connectivity index (χ0v) is 6.96. The molecule has 4 heteroatoms. The molecule has 60 valence electrons. The van der Waals surface area contributed by atoms with Crippen LogP contribution in [-0.4, -0.2) is 4.34 Å². The molecule has 12 heavy (non-hydrogen) atoms. The maximum Gasteiger partial charge on any atom is 0.286 e. The van der Waals surface area contributed by atoms with Crippen LogP contribution in [0.4, 0.5) is 4.39 Å². The summed E-state index contributed by atoms with van der Waals surface area (Å²) >= 11 is 0. The molecule has 0 atom stereocenters. The highest BCUT2D eigenvalue weighted by molar-refractivity contribution is 7.22. The molecule has 2 aromatic rings. The lowest BCUT2D eigenvalue weighted by Crippen LogP contribution is -1.78. The van der Waals surface area contributed by atoms with Crippen molar-refractivity contribution in [2.45, 2.75) is 0 Å². The Balaban J connectivity index is 2.88. The predicted octanol–water partition coefficient (Wildman–Crippen LogP) is 2.84. The minimum atomic E-state index is -0.282. The number of halogens is 1. The van der Waals surface area contributed by atoms with Gasteiger partial charge in [-0.2, -0.15) is 0 Å². The third-order valence-electron chi connectivity index (χ3n) is 1.75. The molecule has 0 aliphatic rings. The molecule has 0 fully saturated rings. The number of rotatable bonds is 1. The Labute approximate surface area is 69.9 Å². The van der Waals surface area contributed by atoms with Gasteiger partial charge >= 0.3 is 0 Å². The monoisotopic (exact) mass is 181 g/mol. The largest absolute Gasteiger partial charge is 0.286 e. The van der Waals surface area contributed by atoms with E-state index in [4.69, 9.17) is 0 Å². The van der Waals surface area contributed by atoms with Crippen molar-refractivity contribution in [1.82, 2.24) is 4.34 Å². The molecular weight excluding hydrogens is 176 g/mol. The molecule has 0 bridgehead atoms. The van der Waals surface area contributed by atoms with Crippen LogP contribution in [0.25, 0.3) is 10.9 Å². The SMILES string of the molecule is O=Pn1ccc2c(F)cccc21. The third kappa shape index (κ3) is 0.942. The molecule has 1 heterocycles. The first kappa shape index (κ1) is 7.44. The van der Waals surface area contributed by atoms with Crippen LogP contribution < -0.4 is 0 Å². The van der Waals surface area contributed by atoms with Gasteiger partial charge in [-0.15, -0.1) is 0 Å². The van der Waals surface area contributed by atoms with E-state index in [9.17, 15) is 8.96 Å². The van der Waals surface area contributed by atoms with Crippen molar-refractivity contribution in [1.29, 1.82) is 0 Å². The van der Waals surface area contributed by atoms with E-state index in [1.165, 1.54) is 10.4 Å². The summed E-state index contributed by atoms with van der Waals surface area (Å²) in [5.74, 6) is -0.282. The molecular formula is C8H5FNOP. The van der Waals surface area contributed by atoms with Crippen molar-refractivity contribution >= 4 is 19.5 Å². The lowest BCUT2D eigenvalue weighted by molar-refractivity contribution is 0.595. The van der Waals surface area contributed by atoms with Crippen LogP contribution >= 0.6 is 8.61 Å². The number of nitrogens with zero attached hydrogens (tertiary/aromatic N) is 1. The van der Waals surface area contributed by atoms with E-state index in [0.717, 1.165) is 0 Å². The molecule has 2 nitrogen and oxygen atoms in total. The molecule has 1 aromatic heterocycles. The van der Waals surface area contributed by atoms with Gasteiger partial charge in [0.2, 0.25) is 0 Å². The highest BCUT2D eigenvalue weighted by Crippen LogP contribution is 2.21. The zero-order valence-electron chi connectivity index (χ0n) is 6.07. The highest BCUT2D eigenvalue weighted by Gasteiger charge is 2.03. The number of hydrogen-bond acceptors (Lipinski definition) is 1.